The molecular formula is C13H23NO3. The number of ketones is 1. The van der Waals surface area contributed by atoms with Crippen molar-refractivity contribution in [2.45, 2.75) is 32.6 Å². The molecule has 4 heteroatoms. The van der Waals surface area contributed by atoms with Gasteiger partial charge < -0.3 is 10.4 Å². The molecule has 1 aliphatic carbocycles. The van der Waals surface area contributed by atoms with E-state index in [0.717, 1.165) is 6.42 Å². The number of rotatable bonds is 4. The Labute approximate surface area is 103 Å². The molecule has 0 heterocycles. The lowest BCUT2D eigenvalue weighted by Crippen LogP contribution is -2.12. The van der Waals surface area contributed by atoms with Gasteiger partial charge in [0.1, 0.15) is 5.78 Å². The molecule has 1 fully saturated rings. The zero-order valence-corrected chi connectivity index (χ0v) is 10.9. The van der Waals surface area contributed by atoms with Gasteiger partial charge in [0.05, 0.1) is 0 Å². The molecule has 17 heavy (non-hydrogen) atoms. The highest BCUT2D eigenvalue weighted by molar-refractivity contribution is 5.82. The number of carbonyl (C=O) groups is 2. The van der Waals surface area contributed by atoms with Gasteiger partial charge in [0.25, 0.3) is 0 Å². The first-order valence-corrected chi connectivity index (χ1v) is 5.98. The van der Waals surface area contributed by atoms with E-state index in [4.69, 9.17) is 5.11 Å². The van der Waals surface area contributed by atoms with Crippen molar-refractivity contribution in [3.05, 3.63) is 12.2 Å². The van der Waals surface area contributed by atoms with Crippen molar-refractivity contribution in [3.63, 3.8) is 0 Å². The van der Waals surface area contributed by atoms with Crippen molar-refractivity contribution in [2.75, 3.05) is 14.1 Å². The predicted octanol–water partition coefficient (Wildman–Crippen LogP) is 1.86. The number of carbonyl (C=O) groups excluding carboxylic acids is 1. The fraction of sp³-hybridized carbons (Fsp3) is 0.692. The summed E-state index contributed by atoms with van der Waals surface area (Å²) in [5.74, 6) is -0.285. The topological polar surface area (TPSA) is 66.4 Å². The Morgan fingerprint density at radius 2 is 1.94 bits per heavy atom. The zero-order chi connectivity index (χ0) is 13.3. The van der Waals surface area contributed by atoms with Gasteiger partial charge in [-0.25, -0.2) is 0 Å². The van der Waals surface area contributed by atoms with Gasteiger partial charge in [-0.05, 0) is 39.3 Å². The molecule has 4 nitrogen and oxygen atoms in total. The molecule has 0 aromatic carbocycles. The maximum absolute atomic E-state index is 11.2. The standard InChI is InChI=1S/C11H16O3.C2H7N/c1-2-3-4-8-5-10(12)6-9(8)7-11(13)14;1-3-2/h2-3,8-9H,4-7H2,1H3,(H,13,14);3H,1-2H3/b3-2-;. The summed E-state index contributed by atoms with van der Waals surface area (Å²) in [6.07, 6.45) is 5.93. The number of hydrogen-bond donors (Lipinski definition) is 2. The molecule has 0 aromatic heterocycles. The minimum Gasteiger partial charge on any atom is -0.481 e. The summed E-state index contributed by atoms with van der Waals surface area (Å²) in [4.78, 5) is 21.7. The van der Waals surface area contributed by atoms with Crippen LogP contribution in [0.25, 0.3) is 0 Å². The molecular weight excluding hydrogens is 218 g/mol. The van der Waals surface area contributed by atoms with Gasteiger partial charge in [-0.1, -0.05) is 12.2 Å². The van der Waals surface area contributed by atoms with Crippen LogP contribution in [0, 0.1) is 11.8 Å². The summed E-state index contributed by atoms with van der Waals surface area (Å²) in [5, 5.41) is 11.4. The van der Waals surface area contributed by atoms with E-state index in [-0.39, 0.29) is 24.0 Å². The Morgan fingerprint density at radius 1 is 1.41 bits per heavy atom. The number of nitrogens with one attached hydrogen (secondary N) is 1. The molecule has 0 aromatic rings. The highest BCUT2D eigenvalue weighted by Gasteiger charge is 2.33. The number of carboxylic acid groups (broad SMARTS) is 1. The molecule has 0 aliphatic heterocycles. The van der Waals surface area contributed by atoms with Gasteiger partial charge in [0, 0.05) is 19.3 Å². The van der Waals surface area contributed by atoms with E-state index >= 15 is 0 Å². The van der Waals surface area contributed by atoms with Gasteiger partial charge in [0.15, 0.2) is 0 Å². The lowest BCUT2D eigenvalue weighted by molar-refractivity contribution is -0.138. The molecule has 0 spiro atoms. The average Bonchev–Trinajstić information content (AvgIpc) is 2.56. The van der Waals surface area contributed by atoms with Crippen molar-refractivity contribution in [3.8, 4) is 0 Å². The first-order valence-electron chi connectivity index (χ1n) is 5.98. The number of carboxylic acids is 1. The van der Waals surface area contributed by atoms with E-state index in [1.54, 1.807) is 0 Å². The second-order valence-corrected chi connectivity index (χ2v) is 4.37. The molecule has 0 bridgehead atoms. The van der Waals surface area contributed by atoms with Crippen LogP contribution in [0.1, 0.15) is 32.6 Å². The van der Waals surface area contributed by atoms with Crippen molar-refractivity contribution in [1.29, 1.82) is 0 Å². The van der Waals surface area contributed by atoms with E-state index in [1.807, 2.05) is 33.2 Å². The second-order valence-electron chi connectivity index (χ2n) is 4.37. The molecule has 1 saturated carbocycles. The number of hydrogen-bond acceptors (Lipinski definition) is 3. The molecule has 1 rings (SSSR count). The van der Waals surface area contributed by atoms with Crippen LogP contribution >= 0.6 is 0 Å². The largest absolute Gasteiger partial charge is 0.481 e. The molecule has 0 amide bonds. The third-order valence-electron chi connectivity index (χ3n) is 2.76. The number of aliphatic carboxylic acids is 1. The van der Waals surface area contributed by atoms with Crippen LogP contribution in [0.4, 0.5) is 0 Å². The minimum atomic E-state index is -0.796. The zero-order valence-electron chi connectivity index (χ0n) is 10.9. The first-order chi connectivity index (χ1) is 8.04. The summed E-state index contributed by atoms with van der Waals surface area (Å²) in [6, 6.07) is 0. The summed E-state index contributed by atoms with van der Waals surface area (Å²) < 4.78 is 0. The van der Waals surface area contributed by atoms with Crippen LogP contribution in [0.3, 0.4) is 0 Å². The van der Waals surface area contributed by atoms with E-state index in [0.29, 0.717) is 12.8 Å². The third kappa shape index (κ3) is 6.89. The number of allylic oxidation sites excluding steroid dienone is 2. The third-order valence-corrected chi connectivity index (χ3v) is 2.76. The van der Waals surface area contributed by atoms with Gasteiger partial charge in [0.2, 0.25) is 0 Å². The fourth-order valence-corrected chi connectivity index (χ4v) is 2.05. The first kappa shape index (κ1) is 15.8. The summed E-state index contributed by atoms with van der Waals surface area (Å²) in [7, 11) is 3.75. The summed E-state index contributed by atoms with van der Waals surface area (Å²) >= 11 is 0. The Kier molecular flexibility index (Phi) is 8.32. The highest BCUT2D eigenvalue weighted by Crippen LogP contribution is 2.34. The van der Waals surface area contributed by atoms with E-state index in [9.17, 15) is 9.59 Å². The fourth-order valence-electron chi connectivity index (χ4n) is 2.05. The lowest BCUT2D eigenvalue weighted by atomic mass is 9.90. The van der Waals surface area contributed by atoms with Crippen molar-refractivity contribution in [2.24, 2.45) is 11.8 Å². The lowest BCUT2D eigenvalue weighted by Gasteiger charge is -2.14. The van der Waals surface area contributed by atoms with Gasteiger partial charge in [-0.2, -0.15) is 0 Å². The Morgan fingerprint density at radius 3 is 2.41 bits per heavy atom. The molecule has 1 aliphatic rings. The monoisotopic (exact) mass is 241 g/mol. The quantitative estimate of drug-likeness (QED) is 0.737. The van der Waals surface area contributed by atoms with Gasteiger partial charge in [-0.15, -0.1) is 0 Å². The number of Topliss-reactive ketones (excluding diaryl/α,β-unsaturated/α-hetero) is 1. The van der Waals surface area contributed by atoms with Gasteiger partial charge >= 0.3 is 5.97 Å². The van der Waals surface area contributed by atoms with Crippen LogP contribution in [0.15, 0.2) is 12.2 Å². The normalized spacial score (nSPS) is 23.6. The van der Waals surface area contributed by atoms with Crippen LogP contribution in [0.5, 0.6) is 0 Å². The predicted molar refractivity (Wildman–Crippen MR) is 67.9 cm³/mol. The Bertz CT molecular complexity index is 274. The summed E-state index contributed by atoms with van der Waals surface area (Å²) in [5.41, 5.74) is 0. The average molecular weight is 241 g/mol. The molecule has 0 radical (unpaired) electrons. The maximum Gasteiger partial charge on any atom is 0.303 e. The Hall–Kier alpha value is -1.16. The van der Waals surface area contributed by atoms with Crippen molar-refractivity contribution in [1.82, 2.24) is 5.32 Å². The molecule has 2 atom stereocenters. The highest BCUT2D eigenvalue weighted by atomic mass is 16.4. The molecule has 2 N–H and O–H groups in total. The van der Waals surface area contributed by atoms with Crippen molar-refractivity contribution < 1.29 is 14.7 Å². The van der Waals surface area contributed by atoms with E-state index in [1.165, 1.54) is 0 Å². The maximum atomic E-state index is 11.2. The van der Waals surface area contributed by atoms with Crippen LogP contribution < -0.4 is 5.32 Å². The molecule has 0 saturated heterocycles. The van der Waals surface area contributed by atoms with Crippen LogP contribution in [-0.4, -0.2) is 31.0 Å². The minimum absolute atomic E-state index is 0.0520. The smallest absolute Gasteiger partial charge is 0.303 e. The van der Waals surface area contributed by atoms with Crippen molar-refractivity contribution >= 4 is 11.8 Å². The molecule has 2 unspecified atom stereocenters. The van der Waals surface area contributed by atoms with E-state index < -0.39 is 5.97 Å². The molecule has 98 valence electrons. The van der Waals surface area contributed by atoms with Gasteiger partial charge in [-0.3, -0.25) is 9.59 Å². The van der Waals surface area contributed by atoms with E-state index in [2.05, 4.69) is 5.32 Å². The van der Waals surface area contributed by atoms with Crippen LogP contribution in [0.2, 0.25) is 0 Å². The SMILES string of the molecule is C/C=C\CC1CC(=O)CC1CC(=O)O.CNC. The van der Waals surface area contributed by atoms with Crippen LogP contribution in [-0.2, 0) is 9.59 Å². The summed E-state index contributed by atoms with van der Waals surface area (Å²) in [6.45, 7) is 1.93. The Balaban J connectivity index is 0.000000770. The second kappa shape index (κ2) is 8.93.